The Balaban J connectivity index is 1.24. The Labute approximate surface area is 220 Å². The molecule has 1 spiro atoms. The molecule has 0 bridgehead atoms. The van der Waals surface area contributed by atoms with Gasteiger partial charge in [0.15, 0.2) is 0 Å². The van der Waals surface area contributed by atoms with Gasteiger partial charge in [-0.25, -0.2) is 4.79 Å². The van der Waals surface area contributed by atoms with Crippen molar-refractivity contribution in [1.82, 2.24) is 5.32 Å². The maximum absolute atomic E-state index is 13.6. The Morgan fingerprint density at radius 2 is 1.81 bits per heavy atom. The first-order valence-corrected chi connectivity index (χ1v) is 14.7. The van der Waals surface area contributed by atoms with E-state index in [9.17, 15) is 9.59 Å². The largest absolute Gasteiger partial charge is 0.422 e. The Morgan fingerprint density at radius 1 is 0.973 bits per heavy atom. The monoisotopic (exact) mass is 502 g/mol. The maximum atomic E-state index is 13.6. The standard InChI is InChI=1S/C32H42N2O3/c1-30-14-15-32(18-19(30)5-7-23-24-9-10-27(35)31(24,2)13-11-25(23)30)28-22(12-16-33-32)21-8-6-20(34(3)4)17-26(21)37-29(28)36/h6,8,17,19,23-25,33H,5,7,9-16,18H2,1-4H3/t19-,23-,24-,25-,30-,31-,32+/m0/s1. The van der Waals surface area contributed by atoms with E-state index in [1.54, 1.807) is 0 Å². The van der Waals surface area contributed by atoms with Crippen LogP contribution in [0.1, 0.15) is 82.8 Å². The van der Waals surface area contributed by atoms with Gasteiger partial charge in [0, 0.05) is 49.6 Å². The second kappa shape index (κ2) is 7.94. The first-order valence-electron chi connectivity index (χ1n) is 14.7. The van der Waals surface area contributed by atoms with Crippen molar-refractivity contribution in [3.05, 3.63) is 39.7 Å². The van der Waals surface area contributed by atoms with E-state index in [0.29, 0.717) is 40.5 Å². The van der Waals surface area contributed by atoms with Crippen molar-refractivity contribution in [3.8, 4) is 0 Å². The van der Waals surface area contributed by atoms with Crippen molar-refractivity contribution in [2.75, 3.05) is 25.5 Å². The van der Waals surface area contributed by atoms with Crippen molar-refractivity contribution in [1.29, 1.82) is 0 Å². The smallest absolute Gasteiger partial charge is 0.341 e. The molecule has 4 saturated carbocycles. The first kappa shape index (κ1) is 23.9. The molecule has 4 aliphatic carbocycles. The molecular formula is C32H42N2O3. The molecular weight excluding hydrogens is 460 g/mol. The van der Waals surface area contributed by atoms with Crippen molar-refractivity contribution in [2.24, 2.45) is 34.5 Å². The van der Waals surface area contributed by atoms with Crippen LogP contribution in [0, 0.1) is 34.5 Å². The van der Waals surface area contributed by atoms with E-state index in [1.807, 2.05) is 20.2 Å². The van der Waals surface area contributed by atoms with Crippen molar-refractivity contribution >= 4 is 22.4 Å². The molecule has 1 aromatic heterocycles. The molecule has 5 nitrogen and oxygen atoms in total. The molecule has 0 amide bonds. The predicted molar refractivity (Wildman–Crippen MR) is 147 cm³/mol. The van der Waals surface area contributed by atoms with Crippen LogP contribution < -0.4 is 15.8 Å². The second-order valence-electron chi connectivity index (χ2n) is 13.9. The van der Waals surface area contributed by atoms with Gasteiger partial charge in [0.2, 0.25) is 0 Å². The molecule has 1 aliphatic heterocycles. The number of anilines is 1. The molecule has 2 aromatic rings. The van der Waals surface area contributed by atoms with Crippen LogP contribution in [0.15, 0.2) is 27.4 Å². The Kier molecular flexibility index (Phi) is 5.14. The molecule has 37 heavy (non-hydrogen) atoms. The molecule has 0 radical (unpaired) electrons. The maximum Gasteiger partial charge on any atom is 0.341 e. The lowest BCUT2D eigenvalue weighted by molar-refractivity contribution is -0.142. The van der Waals surface area contributed by atoms with E-state index in [2.05, 4.69) is 36.2 Å². The van der Waals surface area contributed by atoms with Gasteiger partial charge in [-0.3, -0.25) is 4.79 Å². The molecule has 1 aromatic carbocycles. The van der Waals surface area contributed by atoms with Gasteiger partial charge in [0.25, 0.3) is 0 Å². The van der Waals surface area contributed by atoms with E-state index in [4.69, 9.17) is 4.42 Å². The topological polar surface area (TPSA) is 62.6 Å². The van der Waals surface area contributed by atoms with Crippen molar-refractivity contribution in [3.63, 3.8) is 0 Å². The average Bonchev–Trinajstić information content (AvgIpc) is 3.18. The van der Waals surface area contributed by atoms with E-state index >= 15 is 0 Å². The molecule has 4 fully saturated rings. The highest BCUT2D eigenvalue weighted by atomic mass is 16.4. The highest BCUT2D eigenvalue weighted by molar-refractivity contribution is 5.87. The number of carbonyl (C=O) groups is 1. The summed E-state index contributed by atoms with van der Waals surface area (Å²) in [6.45, 7) is 5.76. The van der Waals surface area contributed by atoms with Gasteiger partial charge < -0.3 is 14.6 Å². The number of nitrogens with one attached hydrogen (secondary N) is 1. The quantitative estimate of drug-likeness (QED) is 0.499. The van der Waals surface area contributed by atoms with Crippen molar-refractivity contribution < 1.29 is 9.21 Å². The summed E-state index contributed by atoms with van der Waals surface area (Å²) in [7, 11) is 4.03. The SMILES string of the molecule is CN(C)c1ccc2c3c(c(=O)oc2c1)[C@]1(CC[C@@]2(C)[C@@H](CC[C@@H]4[C@@H]2CC[C@]2(C)C(=O)CC[C@@H]42)C1)NCC3. The zero-order valence-corrected chi connectivity index (χ0v) is 23.0. The predicted octanol–water partition coefficient (Wildman–Crippen LogP) is 5.81. The highest BCUT2D eigenvalue weighted by Gasteiger charge is 2.62. The molecule has 7 atom stereocenters. The molecule has 1 N–H and O–H groups in total. The molecule has 5 aliphatic rings. The van der Waals surface area contributed by atoms with Gasteiger partial charge >= 0.3 is 5.63 Å². The fourth-order valence-corrected chi connectivity index (χ4v) is 10.2. The first-order chi connectivity index (χ1) is 17.7. The van der Waals surface area contributed by atoms with Gasteiger partial charge in [-0.1, -0.05) is 13.8 Å². The lowest BCUT2D eigenvalue weighted by Gasteiger charge is -2.62. The van der Waals surface area contributed by atoms with Crippen LogP contribution in [0.5, 0.6) is 0 Å². The van der Waals surface area contributed by atoms with Crippen LogP contribution >= 0.6 is 0 Å². The van der Waals surface area contributed by atoms with E-state index in [-0.39, 0.29) is 16.6 Å². The minimum Gasteiger partial charge on any atom is -0.422 e. The summed E-state index contributed by atoms with van der Waals surface area (Å²) in [5.41, 5.74) is 3.74. The zero-order valence-electron chi connectivity index (χ0n) is 23.0. The van der Waals surface area contributed by atoms with Gasteiger partial charge in [-0.2, -0.15) is 0 Å². The summed E-state index contributed by atoms with van der Waals surface area (Å²) in [5, 5.41) is 4.99. The normalized spacial score (nSPS) is 40.7. The molecule has 0 saturated heterocycles. The Hall–Kier alpha value is -2.14. The van der Waals surface area contributed by atoms with E-state index in [0.717, 1.165) is 68.1 Å². The third-order valence-electron chi connectivity index (χ3n) is 12.3. The fourth-order valence-electron chi connectivity index (χ4n) is 10.2. The number of hydrogen-bond donors (Lipinski definition) is 1. The summed E-state index contributed by atoms with van der Waals surface area (Å²) in [5.74, 6) is 3.14. The molecule has 0 unspecified atom stereocenters. The molecule has 2 heterocycles. The average molecular weight is 503 g/mol. The summed E-state index contributed by atoms with van der Waals surface area (Å²) >= 11 is 0. The number of benzene rings is 1. The number of Topliss-reactive ketones (excluding diaryl/α,β-unsaturated/α-hetero) is 1. The van der Waals surface area contributed by atoms with Crippen LogP contribution in [-0.2, 0) is 16.8 Å². The number of fused-ring (bicyclic) bond motifs is 9. The molecule has 198 valence electrons. The van der Waals surface area contributed by atoms with Crippen LogP contribution in [-0.4, -0.2) is 26.4 Å². The van der Waals surface area contributed by atoms with E-state index in [1.165, 1.54) is 24.8 Å². The van der Waals surface area contributed by atoms with Gasteiger partial charge in [-0.15, -0.1) is 0 Å². The Morgan fingerprint density at radius 3 is 2.62 bits per heavy atom. The van der Waals surface area contributed by atoms with Crippen LogP contribution in [0.2, 0.25) is 0 Å². The minimum absolute atomic E-state index is 0.0589. The van der Waals surface area contributed by atoms with E-state index < -0.39 is 0 Å². The van der Waals surface area contributed by atoms with Gasteiger partial charge in [-0.05, 0) is 105 Å². The minimum atomic E-state index is -0.272. The van der Waals surface area contributed by atoms with Crippen LogP contribution in [0.4, 0.5) is 5.69 Å². The summed E-state index contributed by atoms with van der Waals surface area (Å²) in [6.07, 6.45) is 10.7. The lowest BCUT2D eigenvalue weighted by Crippen LogP contribution is -2.60. The number of rotatable bonds is 1. The lowest BCUT2D eigenvalue weighted by atomic mass is 9.43. The fraction of sp³-hybridized carbons (Fsp3) is 0.688. The van der Waals surface area contributed by atoms with Crippen molar-refractivity contribution in [2.45, 2.75) is 83.6 Å². The third kappa shape index (κ3) is 3.19. The number of carbonyl (C=O) groups excluding carboxylic acids is 1. The number of ketones is 1. The molecule has 5 heteroatoms. The third-order valence-corrected chi connectivity index (χ3v) is 12.3. The zero-order chi connectivity index (χ0) is 25.7. The Bertz CT molecular complexity index is 1350. The van der Waals surface area contributed by atoms with Crippen LogP contribution in [0.25, 0.3) is 11.0 Å². The summed E-state index contributed by atoms with van der Waals surface area (Å²) in [4.78, 5) is 28.5. The summed E-state index contributed by atoms with van der Waals surface area (Å²) < 4.78 is 6.04. The van der Waals surface area contributed by atoms with Crippen LogP contribution in [0.3, 0.4) is 0 Å². The number of hydrogen-bond acceptors (Lipinski definition) is 5. The van der Waals surface area contributed by atoms with Gasteiger partial charge in [0.05, 0.1) is 11.1 Å². The second-order valence-corrected chi connectivity index (χ2v) is 13.9. The number of nitrogens with zero attached hydrogens (tertiary/aromatic N) is 1. The van der Waals surface area contributed by atoms with Gasteiger partial charge in [0.1, 0.15) is 11.4 Å². The highest BCUT2D eigenvalue weighted by Crippen LogP contribution is 2.67. The summed E-state index contributed by atoms with van der Waals surface area (Å²) in [6, 6.07) is 6.31. The molecule has 7 rings (SSSR count).